The van der Waals surface area contributed by atoms with Crippen molar-refractivity contribution in [2.24, 2.45) is 0 Å². The number of hydrogen-bond donors (Lipinski definition) is 0. The number of aryl methyl sites for hydroxylation is 1. The summed E-state index contributed by atoms with van der Waals surface area (Å²) in [6.45, 7) is 7.52. The second kappa shape index (κ2) is 5.76. The third-order valence-corrected chi connectivity index (χ3v) is 3.28. The predicted molar refractivity (Wildman–Crippen MR) is 79.5 cm³/mol. The van der Waals surface area contributed by atoms with Crippen molar-refractivity contribution in [2.75, 3.05) is 18.1 Å². The second-order valence-corrected chi connectivity index (χ2v) is 5.70. The monoisotopic (exact) mass is 291 g/mol. The van der Waals surface area contributed by atoms with Crippen molar-refractivity contribution < 1.29 is 19.1 Å². The number of carbonyl (C=O) groups is 2. The first-order valence-corrected chi connectivity index (χ1v) is 7.12. The van der Waals surface area contributed by atoms with Crippen LogP contribution in [0.4, 0.5) is 5.69 Å². The molecule has 2 rings (SSSR count). The van der Waals surface area contributed by atoms with Gasteiger partial charge in [0.25, 0.3) is 5.91 Å². The van der Waals surface area contributed by atoms with E-state index < -0.39 is 11.6 Å². The van der Waals surface area contributed by atoms with E-state index in [4.69, 9.17) is 9.47 Å². The topological polar surface area (TPSA) is 55.8 Å². The summed E-state index contributed by atoms with van der Waals surface area (Å²) in [7, 11) is 0. The molecule has 0 bridgehead atoms. The maximum atomic E-state index is 12.5. The molecule has 0 radical (unpaired) electrons. The number of nitrogens with zero attached hydrogens (tertiary/aromatic N) is 1. The van der Waals surface area contributed by atoms with E-state index in [9.17, 15) is 9.59 Å². The molecule has 1 aliphatic rings. The van der Waals surface area contributed by atoms with Gasteiger partial charge in [-0.05, 0) is 44.9 Å². The van der Waals surface area contributed by atoms with Crippen LogP contribution >= 0.6 is 0 Å². The fourth-order valence-electron chi connectivity index (χ4n) is 2.23. The van der Waals surface area contributed by atoms with E-state index in [1.807, 2.05) is 32.0 Å². The Morgan fingerprint density at radius 3 is 2.76 bits per heavy atom. The number of benzene rings is 1. The largest absolute Gasteiger partial charge is 0.476 e. The molecule has 0 aromatic heterocycles. The maximum absolute atomic E-state index is 12.5. The van der Waals surface area contributed by atoms with E-state index in [-0.39, 0.29) is 12.5 Å². The minimum atomic E-state index is -0.993. The van der Waals surface area contributed by atoms with E-state index in [0.717, 1.165) is 12.0 Å². The summed E-state index contributed by atoms with van der Waals surface area (Å²) >= 11 is 0. The van der Waals surface area contributed by atoms with Gasteiger partial charge in [0, 0.05) is 0 Å². The molecule has 114 valence electrons. The molecule has 1 heterocycles. The number of rotatable bonds is 4. The molecule has 0 saturated heterocycles. The molecule has 0 unspecified atom stereocenters. The highest BCUT2D eigenvalue weighted by Crippen LogP contribution is 2.38. The van der Waals surface area contributed by atoms with E-state index in [1.54, 1.807) is 13.8 Å². The lowest BCUT2D eigenvalue weighted by Gasteiger charge is -2.38. The first-order valence-electron chi connectivity index (χ1n) is 7.12. The molecule has 0 aliphatic carbocycles. The van der Waals surface area contributed by atoms with Crippen molar-refractivity contribution in [1.29, 1.82) is 0 Å². The number of hydrogen-bond acceptors (Lipinski definition) is 4. The molecule has 0 spiro atoms. The second-order valence-electron chi connectivity index (χ2n) is 5.70. The Kier molecular flexibility index (Phi) is 4.21. The van der Waals surface area contributed by atoms with Gasteiger partial charge < -0.3 is 9.47 Å². The maximum Gasteiger partial charge on any atom is 0.326 e. The summed E-state index contributed by atoms with van der Waals surface area (Å²) < 4.78 is 10.8. The zero-order valence-corrected chi connectivity index (χ0v) is 12.9. The lowest BCUT2D eigenvalue weighted by molar-refractivity contribution is -0.144. The number of amides is 1. The molecular formula is C16H21NO4. The normalized spacial score (nSPS) is 16.2. The quantitative estimate of drug-likeness (QED) is 0.800. The molecular weight excluding hydrogens is 270 g/mol. The van der Waals surface area contributed by atoms with Gasteiger partial charge >= 0.3 is 5.97 Å². The van der Waals surface area contributed by atoms with Crippen LogP contribution in [0.5, 0.6) is 5.75 Å². The van der Waals surface area contributed by atoms with Gasteiger partial charge in [-0.25, -0.2) is 0 Å². The molecule has 0 fully saturated rings. The van der Waals surface area contributed by atoms with Crippen LogP contribution in [0.15, 0.2) is 18.2 Å². The van der Waals surface area contributed by atoms with Gasteiger partial charge in [0.1, 0.15) is 12.3 Å². The highest BCUT2D eigenvalue weighted by atomic mass is 16.5. The average Bonchev–Trinajstić information content (AvgIpc) is 2.42. The Balaban J connectivity index is 2.31. The molecule has 1 aromatic rings. The molecule has 0 saturated carbocycles. The fraction of sp³-hybridized carbons (Fsp3) is 0.500. The fourth-order valence-corrected chi connectivity index (χ4v) is 2.23. The molecule has 0 N–H and O–H groups in total. The number of anilines is 1. The molecule has 1 amide bonds. The minimum Gasteiger partial charge on any atom is -0.476 e. The van der Waals surface area contributed by atoms with Gasteiger partial charge in [-0.2, -0.15) is 0 Å². The van der Waals surface area contributed by atoms with Crippen LogP contribution in [0.2, 0.25) is 0 Å². The van der Waals surface area contributed by atoms with Crippen molar-refractivity contribution in [1.82, 2.24) is 0 Å². The van der Waals surface area contributed by atoms with E-state index >= 15 is 0 Å². The van der Waals surface area contributed by atoms with Crippen LogP contribution in [0, 0.1) is 6.92 Å². The van der Waals surface area contributed by atoms with E-state index in [0.29, 0.717) is 18.0 Å². The summed E-state index contributed by atoms with van der Waals surface area (Å²) in [5.74, 6) is -0.0436. The van der Waals surface area contributed by atoms with Crippen LogP contribution in [0.25, 0.3) is 0 Å². The first kappa shape index (κ1) is 15.4. The van der Waals surface area contributed by atoms with Crippen molar-refractivity contribution in [3.8, 4) is 5.75 Å². The number of carbonyl (C=O) groups excluding carboxylic acids is 2. The van der Waals surface area contributed by atoms with Crippen molar-refractivity contribution in [2.45, 2.75) is 39.7 Å². The van der Waals surface area contributed by atoms with Gasteiger partial charge in [0.05, 0.1) is 12.3 Å². The third kappa shape index (κ3) is 3.17. The number of esters is 1. The first-order chi connectivity index (χ1) is 9.85. The highest BCUT2D eigenvalue weighted by Gasteiger charge is 2.41. The molecule has 5 heteroatoms. The summed E-state index contributed by atoms with van der Waals surface area (Å²) in [5.41, 5.74) is 0.623. The lowest BCUT2D eigenvalue weighted by Crippen LogP contribution is -2.54. The molecule has 5 nitrogen and oxygen atoms in total. The van der Waals surface area contributed by atoms with Gasteiger partial charge in [-0.1, -0.05) is 13.0 Å². The number of fused-ring (bicyclic) bond motifs is 1. The minimum absolute atomic E-state index is 0.0952. The Morgan fingerprint density at radius 1 is 1.38 bits per heavy atom. The van der Waals surface area contributed by atoms with Crippen LogP contribution in [0.3, 0.4) is 0 Å². The predicted octanol–water partition coefficient (Wildman–Crippen LogP) is 2.45. The third-order valence-electron chi connectivity index (χ3n) is 3.28. The smallest absolute Gasteiger partial charge is 0.326 e. The molecule has 1 aromatic carbocycles. The number of ether oxygens (including phenoxy) is 2. The van der Waals surface area contributed by atoms with Crippen LogP contribution < -0.4 is 9.64 Å². The SMILES string of the molecule is CCCOC(=O)CN1C(=O)C(C)(C)Oc2ccc(C)cc21. The highest BCUT2D eigenvalue weighted by molar-refractivity contribution is 6.05. The zero-order valence-electron chi connectivity index (χ0n) is 12.9. The van der Waals surface area contributed by atoms with Crippen molar-refractivity contribution in [3.63, 3.8) is 0 Å². The van der Waals surface area contributed by atoms with Crippen molar-refractivity contribution >= 4 is 17.6 Å². The van der Waals surface area contributed by atoms with Gasteiger partial charge in [0.2, 0.25) is 0 Å². The van der Waals surface area contributed by atoms with Gasteiger partial charge in [-0.15, -0.1) is 0 Å². The van der Waals surface area contributed by atoms with Crippen molar-refractivity contribution in [3.05, 3.63) is 23.8 Å². The van der Waals surface area contributed by atoms with Crippen LogP contribution in [-0.4, -0.2) is 30.6 Å². The summed E-state index contributed by atoms with van der Waals surface area (Å²) in [6, 6.07) is 5.58. The van der Waals surface area contributed by atoms with E-state index in [1.165, 1.54) is 4.90 Å². The summed E-state index contributed by atoms with van der Waals surface area (Å²) in [4.78, 5) is 25.8. The molecule has 21 heavy (non-hydrogen) atoms. The Labute approximate surface area is 124 Å². The van der Waals surface area contributed by atoms with Crippen LogP contribution in [0.1, 0.15) is 32.8 Å². The molecule has 0 atom stereocenters. The zero-order chi connectivity index (χ0) is 15.6. The van der Waals surface area contributed by atoms with Crippen LogP contribution in [-0.2, 0) is 14.3 Å². The standard InChI is InChI=1S/C16H21NO4/c1-5-8-20-14(18)10-17-12-9-11(2)6-7-13(12)21-16(3,4)15(17)19/h6-7,9H,5,8,10H2,1-4H3. The summed E-state index contributed by atoms with van der Waals surface area (Å²) in [6.07, 6.45) is 0.754. The summed E-state index contributed by atoms with van der Waals surface area (Å²) in [5, 5.41) is 0. The molecule has 1 aliphatic heterocycles. The van der Waals surface area contributed by atoms with E-state index in [2.05, 4.69) is 0 Å². The Morgan fingerprint density at radius 2 is 2.10 bits per heavy atom. The Bertz CT molecular complexity index is 565. The van der Waals surface area contributed by atoms with Gasteiger partial charge in [-0.3, -0.25) is 14.5 Å². The Hall–Kier alpha value is -2.04. The average molecular weight is 291 g/mol. The van der Waals surface area contributed by atoms with Gasteiger partial charge in [0.15, 0.2) is 5.60 Å². The lowest BCUT2D eigenvalue weighted by atomic mass is 10.0.